The average Bonchev–Trinajstić information content (AvgIpc) is 3.01. The Morgan fingerprint density at radius 1 is 0.833 bits per heavy atom. The van der Waals surface area contributed by atoms with Gasteiger partial charge in [-0.3, -0.25) is 9.59 Å². The van der Waals surface area contributed by atoms with E-state index in [1.165, 1.54) is 11.1 Å². The Morgan fingerprint density at radius 3 is 2.08 bits per heavy atom. The standard InChI is InChI=1S/C19H17ClN2O2/c20-15-7-5-11(6-8-15)16-18(23)22-17(19(24)21-16)14-9-12-3-1-2-4-13(12)10-14/h1-8,14,16-17H,9-10H2,(H,21,24)(H,22,23). The molecule has 4 rings (SSSR count). The summed E-state index contributed by atoms with van der Waals surface area (Å²) >= 11 is 5.88. The van der Waals surface area contributed by atoms with E-state index in [0.717, 1.165) is 18.4 Å². The largest absolute Gasteiger partial charge is 0.342 e. The molecule has 2 aliphatic rings. The lowest BCUT2D eigenvalue weighted by Crippen LogP contribution is -2.60. The molecule has 0 aromatic heterocycles. The van der Waals surface area contributed by atoms with Crippen molar-refractivity contribution in [3.05, 3.63) is 70.2 Å². The lowest BCUT2D eigenvalue weighted by molar-refractivity contribution is -0.138. The predicted molar refractivity (Wildman–Crippen MR) is 91.6 cm³/mol. The highest BCUT2D eigenvalue weighted by atomic mass is 35.5. The van der Waals surface area contributed by atoms with Crippen molar-refractivity contribution in [1.29, 1.82) is 0 Å². The minimum atomic E-state index is -0.658. The number of nitrogens with one attached hydrogen (secondary N) is 2. The van der Waals surface area contributed by atoms with Gasteiger partial charge >= 0.3 is 0 Å². The highest BCUT2D eigenvalue weighted by Gasteiger charge is 2.40. The Balaban J connectivity index is 1.51. The summed E-state index contributed by atoms with van der Waals surface area (Å²) in [7, 11) is 0. The molecule has 1 saturated heterocycles. The highest BCUT2D eigenvalue weighted by Crippen LogP contribution is 2.30. The molecule has 2 unspecified atom stereocenters. The van der Waals surface area contributed by atoms with E-state index in [1.807, 2.05) is 12.1 Å². The van der Waals surface area contributed by atoms with Crippen LogP contribution in [0.2, 0.25) is 5.02 Å². The van der Waals surface area contributed by atoms with Crippen LogP contribution in [0.5, 0.6) is 0 Å². The first-order valence-electron chi connectivity index (χ1n) is 8.05. The summed E-state index contributed by atoms with van der Waals surface area (Å²) in [4.78, 5) is 25.1. The Labute approximate surface area is 145 Å². The van der Waals surface area contributed by atoms with Crippen LogP contribution < -0.4 is 10.6 Å². The van der Waals surface area contributed by atoms with Gasteiger partial charge in [-0.25, -0.2) is 0 Å². The number of carbonyl (C=O) groups excluding carboxylic acids is 2. The maximum Gasteiger partial charge on any atom is 0.247 e. The molecule has 1 aliphatic carbocycles. The number of halogens is 1. The van der Waals surface area contributed by atoms with Gasteiger partial charge in [-0.05, 0) is 47.6 Å². The molecule has 2 aromatic rings. The van der Waals surface area contributed by atoms with Crippen LogP contribution in [0.4, 0.5) is 0 Å². The molecule has 1 fully saturated rings. The third kappa shape index (κ3) is 2.67. The molecule has 2 aromatic carbocycles. The first kappa shape index (κ1) is 15.2. The van der Waals surface area contributed by atoms with Crippen LogP contribution in [0.25, 0.3) is 0 Å². The monoisotopic (exact) mass is 340 g/mol. The minimum absolute atomic E-state index is 0.109. The van der Waals surface area contributed by atoms with E-state index in [1.54, 1.807) is 24.3 Å². The molecule has 5 heteroatoms. The Kier molecular flexibility index (Phi) is 3.77. The molecular weight excluding hydrogens is 324 g/mol. The van der Waals surface area contributed by atoms with Crippen LogP contribution in [0.3, 0.4) is 0 Å². The molecule has 122 valence electrons. The topological polar surface area (TPSA) is 58.2 Å². The Hall–Kier alpha value is -2.33. The maximum atomic E-state index is 12.6. The van der Waals surface area contributed by atoms with Crippen LogP contribution in [-0.4, -0.2) is 17.9 Å². The van der Waals surface area contributed by atoms with E-state index in [9.17, 15) is 9.59 Å². The molecule has 0 radical (unpaired) electrons. The van der Waals surface area contributed by atoms with Crippen LogP contribution in [-0.2, 0) is 22.4 Å². The number of rotatable bonds is 2. The van der Waals surface area contributed by atoms with Gasteiger partial charge in [0.25, 0.3) is 0 Å². The smallest absolute Gasteiger partial charge is 0.247 e. The molecule has 4 nitrogen and oxygen atoms in total. The van der Waals surface area contributed by atoms with Gasteiger partial charge in [-0.2, -0.15) is 0 Å². The van der Waals surface area contributed by atoms with Gasteiger partial charge in [-0.15, -0.1) is 0 Å². The van der Waals surface area contributed by atoms with E-state index in [0.29, 0.717) is 5.02 Å². The van der Waals surface area contributed by atoms with Crippen molar-refractivity contribution < 1.29 is 9.59 Å². The highest BCUT2D eigenvalue weighted by molar-refractivity contribution is 6.30. The van der Waals surface area contributed by atoms with Crippen molar-refractivity contribution in [2.24, 2.45) is 5.92 Å². The SMILES string of the molecule is O=C1NC(C2Cc3ccccc3C2)C(=O)NC1c1ccc(Cl)cc1. The molecule has 24 heavy (non-hydrogen) atoms. The fraction of sp³-hybridized carbons (Fsp3) is 0.263. The Bertz CT molecular complexity index is 778. The second-order valence-corrected chi connectivity index (χ2v) is 6.85. The second kappa shape index (κ2) is 5.95. The van der Waals surface area contributed by atoms with Crippen molar-refractivity contribution in [2.75, 3.05) is 0 Å². The van der Waals surface area contributed by atoms with E-state index in [4.69, 9.17) is 11.6 Å². The predicted octanol–water partition coefficient (Wildman–Crippen LogP) is 2.41. The summed E-state index contributed by atoms with van der Waals surface area (Å²) < 4.78 is 0. The lowest BCUT2D eigenvalue weighted by Gasteiger charge is -2.33. The lowest BCUT2D eigenvalue weighted by atomic mass is 9.92. The molecule has 0 bridgehead atoms. The van der Waals surface area contributed by atoms with Gasteiger partial charge in [0, 0.05) is 5.02 Å². The van der Waals surface area contributed by atoms with Crippen LogP contribution >= 0.6 is 11.6 Å². The van der Waals surface area contributed by atoms with Crippen molar-refractivity contribution >= 4 is 23.4 Å². The zero-order valence-corrected chi connectivity index (χ0v) is 13.7. The minimum Gasteiger partial charge on any atom is -0.342 e. The van der Waals surface area contributed by atoms with E-state index < -0.39 is 12.1 Å². The van der Waals surface area contributed by atoms with Gasteiger partial charge in [0.1, 0.15) is 12.1 Å². The number of piperazine rings is 1. The Morgan fingerprint density at radius 2 is 1.46 bits per heavy atom. The summed E-state index contributed by atoms with van der Waals surface area (Å²) in [6, 6.07) is 14.0. The summed E-state index contributed by atoms with van der Waals surface area (Å²) in [5.74, 6) is -0.178. The molecule has 1 heterocycles. The third-order valence-electron chi connectivity index (χ3n) is 4.89. The third-order valence-corrected chi connectivity index (χ3v) is 5.14. The van der Waals surface area contributed by atoms with E-state index in [2.05, 4.69) is 22.8 Å². The van der Waals surface area contributed by atoms with Crippen molar-refractivity contribution in [1.82, 2.24) is 10.6 Å². The van der Waals surface area contributed by atoms with Crippen LogP contribution in [0, 0.1) is 5.92 Å². The average molecular weight is 341 g/mol. The number of hydrogen-bond donors (Lipinski definition) is 2. The zero-order valence-electron chi connectivity index (χ0n) is 13.0. The van der Waals surface area contributed by atoms with Gasteiger partial charge in [0.2, 0.25) is 11.8 Å². The van der Waals surface area contributed by atoms with Gasteiger partial charge in [0.15, 0.2) is 0 Å². The second-order valence-electron chi connectivity index (χ2n) is 6.42. The molecule has 0 saturated carbocycles. The van der Waals surface area contributed by atoms with Gasteiger partial charge in [0.05, 0.1) is 0 Å². The zero-order chi connectivity index (χ0) is 16.7. The van der Waals surface area contributed by atoms with Crippen molar-refractivity contribution in [3.63, 3.8) is 0 Å². The van der Waals surface area contributed by atoms with Gasteiger partial charge < -0.3 is 10.6 Å². The number of carbonyl (C=O) groups is 2. The molecular formula is C19H17ClN2O2. The molecule has 0 spiro atoms. The molecule has 2 amide bonds. The van der Waals surface area contributed by atoms with Crippen molar-refractivity contribution in [2.45, 2.75) is 24.9 Å². The summed E-state index contributed by atoms with van der Waals surface area (Å²) in [6.07, 6.45) is 1.64. The maximum absolute atomic E-state index is 12.6. The number of benzene rings is 2. The van der Waals surface area contributed by atoms with Crippen LogP contribution in [0.1, 0.15) is 22.7 Å². The normalized spacial score (nSPS) is 23.5. The summed E-state index contributed by atoms with van der Waals surface area (Å²) in [5.41, 5.74) is 3.27. The van der Waals surface area contributed by atoms with Gasteiger partial charge in [-0.1, -0.05) is 48.0 Å². The molecule has 1 aliphatic heterocycles. The summed E-state index contributed by atoms with van der Waals surface area (Å²) in [5, 5.41) is 6.38. The van der Waals surface area contributed by atoms with E-state index >= 15 is 0 Å². The molecule has 2 N–H and O–H groups in total. The number of hydrogen-bond acceptors (Lipinski definition) is 2. The fourth-order valence-electron chi connectivity index (χ4n) is 3.65. The quantitative estimate of drug-likeness (QED) is 0.882. The fourth-order valence-corrected chi connectivity index (χ4v) is 3.78. The number of amides is 2. The first-order chi connectivity index (χ1) is 11.6. The van der Waals surface area contributed by atoms with E-state index in [-0.39, 0.29) is 17.7 Å². The molecule has 2 atom stereocenters. The number of fused-ring (bicyclic) bond motifs is 1. The summed E-state index contributed by atoms with van der Waals surface area (Å²) in [6.45, 7) is 0. The first-order valence-corrected chi connectivity index (χ1v) is 8.42. The van der Waals surface area contributed by atoms with Crippen molar-refractivity contribution in [3.8, 4) is 0 Å². The van der Waals surface area contributed by atoms with Crippen LogP contribution in [0.15, 0.2) is 48.5 Å².